The molecule has 5 rings (SSSR count). The summed E-state index contributed by atoms with van der Waals surface area (Å²) in [7, 11) is -3.25. The number of hydrogen-bond donors (Lipinski definition) is 1. The van der Waals surface area contributed by atoms with Crippen molar-refractivity contribution < 1.29 is 17.9 Å². The van der Waals surface area contributed by atoms with Gasteiger partial charge in [0.05, 0.1) is 19.0 Å². The Kier molecular flexibility index (Phi) is 6.49. The molecule has 2 fully saturated rings. The minimum absolute atomic E-state index is 0.0519. The van der Waals surface area contributed by atoms with E-state index in [9.17, 15) is 8.42 Å². The molecule has 1 aromatic rings. The van der Waals surface area contributed by atoms with Gasteiger partial charge in [-0.25, -0.2) is 13.1 Å². The zero-order valence-corrected chi connectivity index (χ0v) is 18.4. The SMILES string of the molecule is CC[C@@H]1CN2CC[C@H](NS(C)(=O)=O)[C@@H]2CO[C@H]2CC[C@H](CC2)c2ccccc2O1. The van der Waals surface area contributed by atoms with Gasteiger partial charge in [0.2, 0.25) is 10.0 Å². The van der Waals surface area contributed by atoms with Gasteiger partial charge in [-0.1, -0.05) is 25.1 Å². The minimum Gasteiger partial charge on any atom is -0.489 e. The Morgan fingerprint density at radius 1 is 1.14 bits per heavy atom. The highest BCUT2D eigenvalue weighted by molar-refractivity contribution is 7.88. The van der Waals surface area contributed by atoms with Crippen molar-refractivity contribution in [2.24, 2.45) is 0 Å². The van der Waals surface area contributed by atoms with Gasteiger partial charge in [-0.05, 0) is 56.1 Å². The maximum Gasteiger partial charge on any atom is 0.209 e. The van der Waals surface area contributed by atoms with E-state index in [2.05, 4.69) is 40.8 Å². The molecule has 0 aromatic heterocycles. The van der Waals surface area contributed by atoms with Crippen LogP contribution in [0.2, 0.25) is 0 Å². The number of benzene rings is 1. The fourth-order valence-electron chi connectivity index (χ4n) is 5.17. The van der Waals surface area contributed by atoms with Crippen LogP contribution in [0.25, 0.3) is 0 Å². The molecular weight excluding hydrogens is 388 g/mol. The molecule has 0 amide bonds. The van der Waals surface area contributed by atoms with E-state index in [1.807, 2.05) is 0 Å². The first-order valence-electron chi connectivity index (χ1n) is 11.0. The van der Waals surface area contributed by atoms with Gasteiger partial charge in [-0.15, -0.1) is 0 Å². The Morgan fingerprint density at radius 2 is 1.90 bits per heavy atom. The maximum atomic E-state index is 11.9. The lowest BCUT2D eigenvalue weighted by Crippen LogP contribution is -2.49. The van der Waals surface area contributed by atoms with E-state index in [1.54, 1.807) is 0 Å². The number of rotatable bonds is 3. The molecule has 0 unspecified atom stereocenters. The Balaban J connectivity index is 1.60. The summed E-state index contributed by atoms with van der Waals surface area (Å²) in [4.78, 5) is 2.37. The Bertz CT molecular complexity index is 792. The van der Waals surface area contributed by atoms with Crippen LogP contribution in [0.3, 0.4) is 0 Å². The van der Waals surface area contributed by atoms with E-state index in [0.29, 0.717) is 12.5 Å². The number of sulfonamides is 1. The quantitative estimate of drug-likeness (QED) is 0.811. The van der Waals surface area contributed by atoms with E-state index >= 15 is 0 Å². The monoisotopic (exact) mass is 422 g/mol. The fraction of sp³-hybridized carbons (Fsp3) is 0.727. The Morgan fingerprint density at radius 3 is 2.62 bits per heavy atom. The standard InChI is InChI=1S/C22H34N2O4S/c1-3-17-14-24-13-12-20(23-29(2,25)26)21(24)15-27-18-10-8-16(9-11-18)19-6-4-5-7-22(19)28-17/h4-7,16-18,20-21,23H,3,8-15H2,1-2H3/t16-,17-,18+,20+,21+/m1/s1. The molecule has 3 heterocycles. The van der Waals surface area contributed by atoms with Crippen LogP contribution in [-0.2, 0) is 14.8 Å². The van der Waals surface area contributed by atoms with Gasteiger partial charge < -0.3 is 9.47 Å². The summed E-state index contributed by atoms with van der Waals surface area (Å²) in [5.41, 5.74) is 1.33. The number of hydrogen-bond acceptors (Lipinski definition) is 5. The van der Waals surface area contributed by atoms with Crippen LogP contribution in [0.15, 0.2) is 24.3 Å². The number of para-hydroxylation sites is 1. The van der Waals surface area contributed by atoms with E-state index < -0.39 is 10.0 Å². The zero-order chi connectivity index (χ0) is 20.4. The first-order valence-corrected chi connectivity index (χ1v) is 12.9. The lowest BCUT2D eigenvalue weighted by molar-refractivity contribution is -0.00971. The predicted octanol–water partition coefficient (Wildman–Crippen LogP) is 2.89. The van der Waals surface area contributed by atoms with Crippen LogP contribution in [0.5, 0.6) is 5.75 Å². The molecule has 1 N–H and O–H groups in total. The second-order valence-corrected chi connectivity index (χ2v) is 10.6. The van der Waals surface area contributed by atoms with Gasteiger partial charge in [-0.2, -0.15) is 0 Å². The molecule has 1 saturated carbocycles. The van der Waals surface area contributed by atoms with Gasteiger partial charge in [0.25, 0.3) is 0 Å². The number of ether oxygens (including phenoxy) is 2. The average molecular weight is 423 g/mol. The third kappa shape index (κ3) is 5.13. The van der Waals surface area contributed by atoms with Gasteiger partial charge in [0, 0.05) is 25.2 Å². The summed E-state index contributed by atoms with van der Waals surface area (Å²) in [6.45, 7) is 4.38. The summed E-state index contributed by atoms with van der Waals surface area (Å²) in [5, 5.41) is 0. The van der Waals surface area contributed by atoms with Crippen molar-refractivity contribution in [3.05, 3.63) is 29.8 Å². The molecule has 29 heavy (non-hydrogen) atoms. The number of nitrogens with zero attached hydrogens (tertiary/aromatic N) is 1. The van der Waals surface area contributed by atoms with Crippen molar-refractivity contribution in [2.45, 2.75) is 75.7 Å². The van der Waals surface area contributed by atoms with Gasteiger partial charge in [-0.3, -0.25) is 4.90 Å². The normalized spacial score (nSPS) is 33.7. The third-order valence-electron chi connectivity index (χ3n) is 6.75. The Labute approximate surface area is 175 Å². The molecule has 6 nitrogen and oxygen atoms in total. The van der Waals surface area contributed by atoms with Crippen molar-refractivity contribution >= 4 is 10.0 Å². The molecule has 1 aromatic carbocycles. The van der Waals surface area contributed by atoms with Crippen LogP contribution >= 0.6 is 0 Å². The molecule has 162 valence electrons. The van der Waals surface area contributed by atoms with Crippen molar-refractivity contribution in [3.8, 4) is 5.75 Å². The largest absolute Gasteiger partial charge is 0.489 e. The summed E-state index contributed by atoms with van der Waals surface area (Å²) in [6, 6.07) is 8.45. The molecule has 4 aliphatic rings. The lowest BCUT2D eigenvalue weighted by atomic mass is 9.82. The first kappa shape index (κ1) is 21.1. The van der Waals surface area contributed by atoms with Crippen molar-refractivity contribution in [3.63, 3.8) is 0 Å². The van der Waals surface area contributed by atoms with Crippen molar-refractivity contribution in [2.75, 3.05) is 26.0 Å². The van der Waals surface area contributed by atoms with E-state index in [-0.39, 0.29) is 24.3 Å². The second-order valence-electron chi connectivity index (χ2n) is 8.84. The average Bonchev–Trinajstić information content (AvgIpc) is 3.06. The molecule has 0 radical (unpaired) electrons. The summed E-state index contributed by atoms with van der Waals surface area (Å²) in [5.74, 6) is 1.55. The smallest absolute Gasteiger partial charge is 0.209 e. The van der Waals surface area contributed by atoms with E-state index in [4.69, 9.17) is 9.47 Å². The summed E-state index contributed by atoms with van der Waals surface area (Å²) < 4.78 is 39.5. The molecular formula is C22H34N2O4S. The first-order chi connectivity index (χ1) is 13.9. The van der Waals surface area contributed by atoms with E-state index in [0.717, 1.165) is 57.4 Å². The molecule has 2 bridgehead atoms. The predicted molar refractivity (Wildman–Crippen MR) is 114 cm³/mol. The van der Waals surface area contributed by atoms with Crippen LogP contribution in [0.4, 0.5) is 0 Å². The molecule has 3 aliphatic heterocycles. The molecule has 3 atom stereocenters. The highest BCUT2D eigenvalue weighted by atomic mass is 32.2. The van der Waals surface area contributed by atoms with Crippen LogP contribution in [0, 0.1) is 0 Å². The maximum absolute atomic E-state index is 11.9. The minimum atomic E-state index is -3.25. The van der Waals surface area contributed by atoms with Crippen LogP contribution in [-0.4, -0.2) is 63.6 Å². The van der Waals surface area contributed by atoms with Crippen molar-refractivity contribution in [1.82, 2.24) is 9.62 Å². The zero-order valence-electron chi connectivity index (χ0n) is 17.5. The summed E-state index contributed by atoms with van der Waals surface area (Å²) >= 11 is 0. The van der Waals surface area contributed by atoms with E-state index in [1.165, 1.54) is 11.8 Å². The topological polar surface area (TPSA) is 67.9 Å². The molecule has 0 spiro atoms. The number of nitrogens with one attached hydrogen (secondary N) is 1. The summed E-state index contributed by atoms with van der Waals surface area (Å²) in [6.07, 6.45) is 7.63. The van der Waals surface area contributed by atoms with Gasteiger partial charge in [0.1, 0.15) is 11.9 Å². The third-order valence-corrected chi connectivity index (χ3v) is 7.48. The van der Waals surface area contributed by atoms with Crippen LogP contribution < -0.4 is 9.46 Å². The Hall–Kier alpha value is -1.15. The highest BCUT2D eigenvalue weighted by Crippen LogP contribution is 2.39. The fourth-order valence-corrected chi connectivity index (χ4v) is 5.99. The second kappa shape index (κ2) is 8.92. The lowest BCUT2D eigenvalue weighted by Gasteiger charge is -2.32. The molecule has 1 saturated heterocycles. The molecule has 7 heteroatoms. The van der Waals surface area contributed by atoms with Gasteiger partial charge >= 0.3 is 0 Å². The van der Waals surface area contributed by atoms with Gasteiger partial charge in [0.15, 0.2) is 0 Å². The highest BCUT2D eigenvalue weighted by Gasteiger charge is 2.38. The van der Waals surface area contributed by atoms with Crippen molar-refractivity contribution in [1.29, 1.82) is 0 Å². The molecule has 1 aliphatic carbocycles. The number of fused-ring (bicyclic) bond motifs is 5. The van der Waals surface area contributed by atoms with Crippen LogP contribution in [0.1, 0.15) is 56.9 Å².